The van der Waals surface area contributed by atoms with Crippen molar-refractivity contribution in [1.29, 1.82) is 0 Å². The Morgan fingerprint density at radius 1 is 1.53 bits per heavy atom. The predicted octanol–water partition coefficient (Wildman–Crippen LogP) is 1.19. The van der Waals surface area contributed by atoms with Crippen LogP contribution in [-0.2, 0) is 22.6 Å². The zero-order valence-electron chi connectivity index (χ0n) is 11.5. The molecule has 0 spiro atoms. The molecule has 0 radical (unpaired) electrons. The lowest BCUT2D eigenvalue weighted by atomic mass is 10.0. The lowest BCUT2D eigenvalue weighted by Crippen LogP contribution is -2.59. The van der Waals surface area contributed by atoms with E-state index in [2.05, 4.69) is 17.2 Å². The molecule has 1 atom stereocenters. The smallest absolute Gasteiger partial charge is 0.246 e. The van der Waals surface area contributed by atoms with Crippen molar-refractivity contribution in [2.45, 2.75) is 39.8 Å². The predicted molar refractivity (Wildman–Crippen MR) is 73.7 cm³/mol. The number of hydrogen-bond donors (Lipinski definition) is 1. The van der Waals surface area contributed by atoms with Gasteiger partial charge in [0, 0.05) is 11.1 Å². The molecule has 104 valence electrons. The number of thiazole rings is 1. The highest BCUT2D eigenvalue weighted by molar-refractivity contribution is 7.11. The fourth-order valence-electron chi connectivity index (χ4n) is 2.06. The highest BCUT2D eigenvalue weighted by Crippen LogP contribution is 2.18. The highest BCUT2D eigenvalue weighted by atomic mass is 32.1. The van der Waals surface area contributed by atoms with Crippen molar-refractivity contribution < 1.29 is 9.59 Å². The average Bonchev–Trinajstić information content (AvgIpc) is 2.80. The minimum atomic E-state index is -0.410. The molecule has 0 aliphatic carbocycles. The largest absolute Gasteiger partial charge is 0.343 e. The second-order valence-corrected chi connectivity index (χ2v) is 6.26. The molecule has 1 saturated heterocycles. The Morgan fingerprint density at radius 2 is 2.26 bits per heavy atom. The molecule has 2 amide bonds. The van der Waals surface area contributed by atoms with Gasteiger partial charge in [0.15, 0.2) is 0 Å². The number of aromatic nitrogens is 1. The second kappa shape index (κ2) is 5.69. The maximum Gasteiger partial charge on any atom is 0.246 e. The zero-order valence-corrected chi connectivity index (χ0v) is 12.3. The van der Waals surface area contributed by atoms with E-state index < -0.39 is 6.04 Å². The molecular weight excluding hydrogens is 262 g/mol. The van der Waals surface area contributed by atoms with Crippen molar-refractivity contribution in [3.8, 4) is 0 Å². The van der Waals surface area contributed by atoms with Gasteiger partial charge in [-0.25, -0.2) is 4.98 Å². The van der Waals surface area contributed by atoms with Crippen molar-refractivity contribution in [2.75, 3.05) is 6.54 Å². The molecule has 1 N–H and O–H groups in total. The molecule has 1 aliphatic rings. The van der Waals surface area contributed by atoms with Gasteiger partial charge in [0.1, 0.15) is 17.6 Å². The molecule has 1 aromatic rings. The first kappa shape index (κ1) is 14.0. The number of aryl methyl sites for hydroxylation is 1. The minimum Gasteiger partial charge on any atom is -0.343 e. The second-order valence-electron chi connectivity index (χ2n) is 5.06. The lowest BCUT2D eigenvalue weighted by molar-refractivity contribution is -0.146. The van der Waals surface area contributed by atoms with Gasteiger partial charge in [0.25, 0.3) is 0 Å². The average molecular weight is 281 g/mol. The van der Waals surface area contributed by atoms with Crippen LogP contribution in [0.5, 0.6) is 0 Å². The maximum absolute atomic E-state index is 12.3. The van der Waals surface area contributed by atoms with E-state index in [1.165, 1.54) is 4.88 Å². The Hall–Kier alpha value is -1.43. The molecule has 2 heterocycles. The molecule has 19 heavy (non-hydrogen) atoms. The first-order valence-corrected chi connectivity index (χ1v) is 7.34. The Kier molecular flexibility index (Phi) is 4.19. The summed E-state index contributed by atoms with van der Waals surface area (Å²) >= 11 is 1.60. The summed E-state index contributed by atoms with van der Waals surface area (Å²) in [5.41, 5.74) is 0. The SMILES string of the molecule is CCc1cnc(CN2CC(=O)NC(C(C)C)C2=O)s1. The van der Waals surface area contributed by atoms with E-state index in [4.69, 9.17) is 0 Å². The van der Waals surface area contributed by atoms with Crippen molar-refractivity contribution in [1.82, 2.24) is 15.2 Å². The van der Waals surface area contributed by atoms with Crippen molar-refractivity contribution >= 4 is 23.2 Å². The topological polar surface area (TPSA) is 62.3 Å². The number of rotatable bonds is 4. The summed E-state index contributed by atoms with van der Waals surface area (Å²) in [5, 5.41) is 3.64. The first-order valence-electron chi connectivity index (χ1n) is 6.53. The summed E-state index contributed by atoms with van der Waals surface area (Å²) in [6.07, 6.45) is 2.79. The molecule has 0 saturated carbocycles. The number of nitrogens with zero attached hydrogens (tertiary/aromatic N) is 2. The van der Waals surface area contributed by atoms with Crippen LogP contribution < -0.4 is 5.32 Å². The van der Waals surface area contributed by atoms with Gasteiger partial charge >= 0.3 is 0 Å². The zero-order chi connectivity index (χ0) is 14.0. The Bertz CT molecular complexity index is 484. The van der Waals surface area contributed by atoms with Crippen LogP contribution in [-0.4, -0.2) is 34.3 Å². The molecule has 0 bridgehead atoms. The van der Waals surface area contributed by atoms with Gasteiger partial charge in [0.2, 0.25) is 11.8 Å². The van der Waals surface area contributed by atoms with Crippen LogP contribution in [0.4, 0.5) is 0 Å². The van der Waals surface area contributed by atoms with Gasteiger partial charge < -0.3 is 10.2 Å². The number of carbonyl (C=O) groups excluding carboxylic acids is 2. The number of amides is 2. The number of piperazine rings is 1. The van der Waals surface area contributed by atoms with Gasteiger partial charge in [-0.2, -0.15) is 0 Å². The van der Waals surface area contributed by atoms with Crippen LogP contribution in [0.3, 0.4) is 0 Å². The minimum absolute atomic E-state index is 0.0113. The summed E-state index contributed by atoms with van der Waals surface area (Å²) in [5.74, 6) is -0.00447. The van der Waals surface area contributed by atoms with E-state index in [0.29, 0.717) is 6.54 Å². The lowest BCUT2D eigenvalue weighted by Gasteiger charge is -2.33. The van der Waals surface area contributed by atoms with E-state index in [-0.39, 0.29) is 24.3 Å². The third-order valence-corrected chi connectivity index (χ3v) is 4.30. The van der Waals surface area contributed by atoms with Crippen LogP contribution in [0, 0.1) is 5.92 Å². The van der Waals surface area contributed by atoms with E-state index in [1.807, 2.05) is 20.0 Å². The Labute approximate surface area is 117 Å². The van der Waals surface area contributed by atoms with E-state index in [9.17, 15) is 9.59 Å². The van der Waals surface area contributed by atoms with Gasteiger partial charge in [0.05, 0.1) is 6.54 Å². The molecule has 2 rings (SSSR count). The quantitative estimate of drug-likeness (QED) is 0.901. The van der Waals surface area contributed by atoms with Gasteiger partial charge in [-0.05, 0) is 12.3 Å². The number of carbonyl (C=O) groups is 2. The van der Waals surface area contributed by atoms with E-state index in [0.717, 1.165) is 11.4 Å². The molecule has 1 fully saturated rings. The van der Waals surface area contributed by atoms with Gasteiger partial charge in [-0.1, -0.05) is 20.8 Å². The monoisotopic (exact) mass is 281 g/mol. The summed E-state index contributed by atoms with van der Waals surface area (Å²) in [7, 11) is 0. The van der Waals surface area contributed by atoms with Crippen LogP contribution in [0.2, 0.25) is 0 Å². The first-order chi connectivity index (χ1) is 9.01. The van der Waals surface area contributed by atoms with Crippen molar-refractivity contribution in [2.24, 2.45) is 5.92 Å². The van der Waals surface area contributed by atoms with Gasteiger partial charge in [-0.15, -0.1) is 11.3 Å². The molecular formula is C13H19N3O2S. The highest BCUT2D eigenvalue weighted by Gasteiger charge is 2.34. The normalized spacial score (nSPS) is 20.0. The van der Waals surface area contributed by atoms with Crippen LogP contribution in [0.15, 0.2) is 6.20 Å². The summed E-state index contributed by atoms with van der Waals surface area (Å²) in [6.45, 7) is 6.50. The fourth-order valence-corrected chi connectivity index (χ4v) is 2.94. The fraction of sp³-hybridized carbons (Fsp3) is 0.615. The molecule has 1 aromatic heterocycles. The van der Waals surface area contributed by atoms with Crippen LogP contribution in [0.1, 0.15) is 30.7 Å². The Balaban J connectivity index is 2.09. The summed E-state index contributed by atoms with van der Waals surface area (Å²) in [4.78, 5) is 31.0. The third kappa shape index (κ3) is 3.12. The summed E-state index contributed by atoms with van der Waals surface area (Å²) < 4.78 is 0. The number of hydrogen-bond acceptors (Lipinski definition) is 4. The van der Waals surface area contributed by atoms with Crippen LogP contribution in [0.25, 0.3) is 0 Å². The maximum atomic E-state index is 12.3. The van der Waals surface area contributed by atoms with E-state index in [1.54, 1.807) is 16.2 Å². The molecule has 6 heteroatoms. The number of nitrogens with one attached hydrogen (secondary N) is 1. The van der Waals surface area contributed by atoms with Crippen LogP contribution >= 0.6 is 11.3 Å². The van der Waals surface area contributed by atoms with E-state index >= 15 is 0 Å². The molecule has 1 aliphatic heterocycles. The summed E-state index contributed by atoms with van der Waals surface area (Å²) in [6, 6.07) is -0.410. The molecule has 5 nitrogen and oxygen atoms in total. The third-order valence-electron chi connectivity index (χ3n) is 3.17. The Morgan fingerprint density at radius 3 is 2.84 bits per heavy atom. The molecule has 1 unspecified atom stereocenters. The standard InChI is InChI=1S/C13H19N3O2S/c1-4-9-5-14-11(19-9)7-16-6-10(17)15-12(8(2)3)13(16)18/h5,8,12H,4,6-7H2,1-3H3,(H,15,17). The van der Waals surface area contributed by atoms with Crippen molar-refractivity contribution in [3.05, 3.63) is 16.1 Å². The van der Waals surface area contributed by atoms with Crippen molar-refractivity contribution in [3.63, 3.8) is 0 Å². The van der Waals surface area contributed by atoms with Gasteiger partial charge in [-0.3, -0.25) is 9.59 Å². The molecule has 0 aromatic carbocycles.